The highest BCUT2D eigenvalue weighted by Crippen LogP contribution is 2.14. The van der Waals surface area contributed by atoms with Crippen LogP contribution in [-0.4, -0.2) is 14.6 Å². The molecule has 0 atom stereocenters. The molecule has 14 heavy (non-hydrogen) atoms. The molecule has 2 rings (SSSR count). The third kappa shape index (κ3) is 2.10. The zero-order chi connectivity index (χ0) is 10.6. The Bertz CT molecular complexity index is 390. The molecule has 2 aromatic heterocycles. The minimum atomic E-state index is 0.548. The van der Waals surface area contributed by atoms with Crippen molar-refractivity contribution in [2.45, 2.75) is 33.6 Å². The Labute approximate surface area is 84.8 Å². The normalized spacial score (nSPS) is 10.1. The number of aromatic nitrogens is 3. The molecule has 0 saturated carbocycles. The smallest absolute Gasteiger partial charge is 0.160 e. The maximum Gasteiger partial charge on any atom is 0.160 e. The lowest BCUT2D eigenvalue weighted by Gasteiger charge is -2.03. The lowest BCUT2D eigenvalue weighted by molar-refractivity contribution is 0.863. The maximum absolute atomic E-state index is 3.97. The fourth-order valence-electron chi connectivity index (χ4n) is 1.19. The van der Waals surface area contributed by atoms with Gasteiger partial charge in [0.05, 0.1) is 0 Å². The summed E-state index contributed by atoms with van der Waals surface area (Å²) in [4.78, 5) is 0. The first-order valence-corrected chi connectivity index (χ1v) is 5.06. The van der Waals surface area contributed by atoms with Gasteiger partial charge in [0.1, 0.15) is 6.33 Å². The van der Waals surface area contributed by atoms with Gasteiger partial charge in [0.2, 0.25) is 0 Å². The molecule has 0 aromatic carbocycles. The van der Waals surface area contributed by atoms with Crippen LogP contribution in [0.3, 0.4) is 0 Å². The molecule has 0 saturated heterocycles. The fourth-order valence-corrected chi connectivity index (χ4v) is 1.19. The molecule has 0 N–H and O–H groups in total. The molecule has 3 heteroatoms. The van der Waals surface area contributed by atoms with E-state index >= 15 is 0 Å². The van der Waals surface area contributed by atoms with Crippen molar-refractivity contribution >= 4 is 5.65 Å². The van der Waals surface area contributed by atoms with Crippen LogP contribution in [0.25, 0.3) is 5.65 Å². The molecule has 0 unspecified atom stereocenters. The average Bonchev–Trinajstić information content (AvgIpc) is 2.67. The number of rotatable bonds is 1. The Hall–Kier alpha value is -1.38. The maximum atomic E-state index is 3.97. The van der Waals surface area contributed by atoms with Crippen LogP contribution < -0.4 is 0 Å². The molecule has 2 aromatic rings. The van der Waals surface area contributed by atoms with E-state index in [9.17, 15) is 0 Å². The summed E-state index contributed by atoms with van der Waals surface area (Å²) in [5, 5.41) is 7.79. The SMILES string of the molecule is CC.CC(C)c1ccn2cnnc2c1. The molecule has 0 bridgehead atoms. The Morgan fingerprint density at radius 2 is 2.00 bits per heavy atom. The third-order valence-corrected chi connectivity index (χ3v) is 1.99. The predicted octanol–water partition coefficient (Wildman–Crippen LogP) is 2.88. The summed E-state index contributed by atoms with van der Waals surface area (Å²) in [5.74, 6) is 0.548. The van der Waals surface area contributed by atoms with Crippen molar-refractivity contribution in [3.8, 4) is 0 Å². The van der Waals surface area contributed by atoms with Gasteiger partial charge >= 0.3 is 0 Å². The van der Waals surface area contributed by atoms with E-state index in [1.165, 1.54) is 5.56 Å². The topological polar surface area (TPSA) is 30.2 Å². The Kier molecular flexibility index (Phi) is 3.63. The van der Waals surface area contributed by atoms with Crippen LogP contribution in [0.2, 0.25) is 0 Å². The quantitative estimate of drug-likeness (QED) is 0.693. The first-order valence-electron chi connectivity index (χ1n) is 5.06. The van der Waals surface area contributed by atoms with Gasteiger partial charge in [0.25, 0.3) is 0 Å². The van der Waals surface area contributed by atoms with Gasteiger partial charge in [0.15, 0.2) is 5.65 Å². The second kappa shape index (κ2) is 4.74. The molecule has 0 aliphatic rings. The van der Waals surface area contributed by atoms with Crippen molar-refractivity contribution in [2.24, 2.45) is 0 Å². The number of nitrogens with zero attached hydrogens (tertiary/aromatic N) is 3. The summed E-state index contributed by atoms with van der Waals surface area (Å²) < 4.78 is 1.91. The van der Waals surface area contributed by atoms with Gasteiger partial charge in [-0.25, -0.2) is 0 Å². The molecule has 0 spiro atoms. The molecule has 0 fully saturated rings. The van der Waals surface area contributed by atoms with Gasteiger partial charge in [-0.1, -0.05) is 27.7 Å². The van der Waals surface area contributed by atoms with Crippen LogP contribution >= 0.6 is 0 Å². The van der Waals surface area contributed by atoms with E-state index in [0.717, 1.165) is 5.65 Å². The highest BCUT2D eigenvalue weighted by molar-refractivity contribution is 5.40. The molecular weight excluding hydrogens is 174 g/mol. The number of hydrogen-bond donors (Lipinski definition) is 0. The van der Waals surface area contributed by atoms with Crippen LogP contribution in [0.1, 0.15) is 39.2 Å². The molecule has 3 nitrogen and oxygen atoms in total. The Morgan fingerprint density at radius 1 is 1.29 bits per heavy atom. The standard InChI is InChI=1S/C9H11N3.C2H6/c1-7(2)8-3-4-12-6-10-11-9(12)5-8;1-2/h3-7H,1-2H3;1-2H3. The Morgan fingerprint density at radius 3 is 2.64 bits per heavy atom. The predicted molar refractivity (Wildman–Crippen MR) is 58.4 cm³/mol. The van der Waals surface area contributed by atoms with E-state index in [1.807, 2.05) is 24.4 Å². The lowest BCUT2D eigenvalue weighted by Crippen LogP contribution is -1.90. The van der Waals surface area contributed by atoms with E-state index in [4.69, 9.17) is 0 Å². The van der Waals surface area contributed by atoms with Gasteiger partial charge in [-0.15, -0.1) is 10.2 Å². The van der Waals surface area contributed by atoms with Gasteiger partial charge < -0.3 is 0 Å². The van der Waals surface area contributed by atoms with Crippen LogP contribution in [0, 0.1) is 0 Å². The zero-order valence-electron chi connectivity index (χ0n) is 9.23. The molecule has 2 heterocycles. The van der Waals surface area contributed by atoms with E-state index in [1.54, 1.807) is 6.33 Å². The summed E-state index contributed by atoms with van der Waals surface area (Å²) in [5.41, 5.74) is 2.22. The second-order valence-electron chi connectivity index (χ2n) is 3.21. The molecule has 0 amide bonds. The van der Waals surface area contributed by atoms with Gasteiger partial charge in [-0.05, 0) is 23.6 Å². The third-order valence-electron chi connectivity index (χ3n) is 1.99. The highest BCUT2D eigenvalue weighted by atomic mass is 15.2. The first kappa shape index (κ1) is 10.7. The molecule has 76 valence electrons. The summed E-state index contributed by atoms with van der Waals surface area (Å²) in [6, 6.07) is 4.17. The van der Waals surface area contributed by atoms with Crippen molar-refractivity contribution in [1.82, 2.24) is 14.6 Å². The average molecular weight is 191 g/mol. The fraction of sp³-hybridized carbons (Fsp3) is 0.455. The summed E-state index contributed by atoms with van der Waals surface area (Å²) >= 11 is 0. The van der Waals surface area contributed by atoms with Crippen LogP contribution in [0.15, 0.2) is 24.7 Å². The molecule has 0 aliphatic carbocycles. The lowest BCUT2D eigenvalue weighted by atomic mass is 10.1. The van der Waals surface area contributed by atoms with Gasteiger partial charge in [0, 0.05) is 6.20 Å². The first-order chi connectivity index (χ1) is 6.77. The van der Waals surface area contributed by atoms with Crippen LogP contribution in [0.4, 0.5) is 0 Å². The van der Waals surface area contributed by atoms with Gasteiger partial charge in [-0.3, -0.25) is 4.40 Å². The number of pyridine rings is 1. The van der Waals surface area contributed by atoms with Crippen molar-refractivity contribution in [3.63, 3.8) is 0 Å². The molecule has 0 radical (unpaired) electrons. The largest absolute Gasteiger partial charge is 0.289 e. The van der Waals surface area contributed by atoms with E-state index < -0.39 is 0 Å². The summed E-state index contributed by atoms with van der Waals surface area (Å²) in [6.07, 6.45) is 3.70. The highest BCUT2D eigenvalue weighted by Gasteiger charge is 2.00. The van der Waals surface area contributed by atoms with Gasteiger partial charge in [-0.2, -0.15) is 0 Å². The van der Waals surface area contributed by atoms with Crippen molar-refractivity contribution in [2.75, 3.05) is 0 Å². The van der Waals surface area contributed by atoms with Crippen molar-refractivity contribution in [1.29, 1.82) is 0 Å². The monoisotopic (exact) mass is 191 g/mol. The number of hydrogen-bond acceptors (Lipinski definition) is 2. The summed E-state index contributed by atoms with van der Waals surface area (Å²) in [7, 11) is 0. The summed E-state index contributed by atoms with van der Waals surface area (Å²) in [6.45, 7) is 8.34. The minimum absolute atomic E-state index is 0.548. The minimum Gasteiger partial charge on any atom is -0.289 e. The van der Waals surface area contributed by atoms with Crippen LogP contribution in [0.5, 0.6) is 0 Å². The number of fused-ring (bicyclic) bond motifs is 1. The van der Waals surface area contributed by atoms with Crippen molar-refractivity contribution < 1.29 is 0 Å². The second-order valence-corrected chi connectivity index (χ2v) is 3.21. The van der Waals surface area contributed by atoms with E-state index in [0.29, 0.717) is 5.92 Å². The van der Waals surface area contributed by atoms with Crippen molar-refractivity contribution in [3.05, 3.63) is 30.2 Å². The molecular formula is C11H17N3. The zero-order valence-corrected chi connectivity index (χ0v) is 9.23. The van der Waals surface area contributed by atoms with Crippen LogP contribution in [-0.2, 0) is 0 Å². The Balaban J connectivity index is 0.000000461. The van der Waals surface area contributed by atoms with E-state index in [-0.39, 0.29) is 0 Å². The molecule has 0 aliphatic heterocycles. The van der Waals surface area contributed by atoms with E-state index in [2.05, 4.69) is 36.2 Å².